The maximum Gasteiger partial charge on any atom is 0.346 e. The van der Waals surface area contributed by atoms with Crippen molar-refractivity contribution in [1.82, 2.24) is 0 Å². The summed E-state index contributed by atoms with van der Waals surface area (Å²) in [6, 6.07) is 25.5. The number of carbonyl (C=O) groups is 1. The van der Waals surface area contributed by atoms with Crippen molar-refractivity contribution in [2.75, 3.05) is 11.2 Å². The molecule has 0 spiro atoms. The average molecular weight is 479 g/mol. The standard InChI is InChI=1S/C30H26N2O2S/c1-35-25-14-9-21(10-15-25)6-5-20-7-12-24(13-8-20)32-28-4-2-3-26(28)27-18-22(11-16-29(27)32)17-23(19-31)30(33)34/h5-18,26,28H,2-4H2,1H3,(H,33,34)/b6-5?,23-17+. The monoisotopic (exact) mass is 478 g/mol. The number of aliphatic carboxylic acids is 1. The lowest BCUT2D eigenvalue weighted by Gasteiger charge is -2.27. The van der Waals surface area contributed by atoms with E-state index < -0.39 is 5.97 Å². The molecule has 1 saturated carbocycles. The summed E-state index contributed by atoms with van der Waals surface area (Å²) in [6.45, 7) is 0. The van der Waals surface area contributed by atoms with Crippen molar-refractivity contribution < 1.29 is 9.90 Å². The number of nitrogens with zero attached hydrogens (tertiary/aromatic N) is 2. The van der Waals surface area contributed by atoms with E-state index in [4.69, 9.17) is 5.26 Å². The lowest BCUT2D eigenvalue weighted by molar-refractivity contribution is -0.132. The van der Waals surface area contributed by atoms with E-state index >= 15 is 0 Å². The molecule has 1 N–H and O–H groups in total. The summed E-state index contributed by atoms with van der Waals surface area (Å²) in [4.78, 5) is 15.0. The second-order valence-corrected chi connectivity index (χ2v) is 9.85. The van der Waals surface area contributed by atoms with E-state index in [2.05, 4.69) is 84.0 Å². The van der Waals surface area contributed by atoms with Gasteiger partial charge in [-0.2, -0.15) is 5.26 Å². The van der Waals surface area contributed by atoms with Gasteiger partial charge < -0.3 is 10.0 Å². The van der Waals surface area contributed by atoms with Crippen LogP contribution in [0.4, 0.5) is 11.4 Å². The highest BCUT2D eigenvalue weighted by molar-refractivity contribution is 7.98. The Morgan fingerprint density at radius 1 is 1.00 bits per heavy atom. The van der Waals surface area contributed by atoms with Gasteiger partial charge in [0.2, 0.25) is 0 Å². The van der Waals surface area contributed by atoms with Crippen LogP contribution in [-0.4, -0.2) is 23.4 Å². The van der Waals surface area contributed by atoms with Crippen LogP contribution in [0, 0.1) is 11.3 Å². The van der Waals surface area contributed by atoms with Crippen molar-refractivity contribution in [3.8, 4) is 6.07 Å². The number of rotatable bonds is 6. The highest BCUT2D eigenvalue weighted by Crippen LogP contribution is 2.52. The van der Waals surface area contributed by atoms with Gasteiger partial charge in [0.1, 0.15) is 11.6 Å². The predicted octanol–water partition coefficient (Wildman–Crippen LogP) is 7.36. The SMILES string of the molecule is CSc1ccc(C=Cc2ccc(N3c4ccc(/C=C(\C#N)C(=O)O)cc4C4CCCC43)cc2)cc1. The van der Waals surface area contributed by atoms with Gasteiger partial charge in [-0.25, -0.2) is 4.79 Å². The van der Waals surface area contributed by atoms with E-state index in [-0.39, 0.29) is 5.57 Å². The minimum absolute atomic E-state index is 0.244. The number of thioether (sulfide) groups is 1. The van der Waals surface area contributed by atoms with Gasteiger partial charge in [-0.15, -0.1) is 11.8 Å². The fraction of sp³-hybridized carbons (Fsp3) is 0.200. The van der Waals surface area contributed by atoms with Crippen LogP contribution in [0.25, 0.3) is 18.2 Å². The Morgan fingerprint density at radius 2 is 1.66 bits per heavy atom. The summed E-state index contributed by atoms with van der Waals surface area (Å²) in [5, 5.41) is 18.3. The fourth-order valence-corrected chi connectivity index (χ4v) is 5.67. The summed E-state index contributed by atoms with van der Waals surface area (Å²) in [5.41, 5.74) is 6.47. The first kappa shape index (κ1) is 23.0. The van der Waals surface area contributed by atoms with Crippen molar-refractivity contribution in [3.05, 3.63) is 94.6 Å². The molecule has 1 fully saturated rings. The molecular formula is C30H26N2O2S. The number of hydrogen-bond donors (Lipinski definition) is 1. The normalized spacial score (nSPS) is 19.0. The van der Waals surface area contributed by atoms with Crippen molar-refractivity contribution in [1.29, 1.82) is 5.26 Å². The van der Waals surface area contributed by atoms with Crippen LogP contribution in [0.1, 0.15) is 47.4 Å². The molecule has 2 atom stereocenters. The second kappa shape index (κ2) is 9.85. The largest absolute Gasteiger partial charge is 0.477 e. The van der Waals surface area contributed by atoms with E-state index in [1.807, 2.05) is 6.07 Å². The Hall–Kier alpha value is -3.75. The molecule has 1 heterocycles. The van der Waals surface area contributed by atoms with Crippen LogP contribution in [0.2, 0.25) is 0 Å². The molecule has 3 aromatic carbocycles. The molecule has 0 amide bonds. The highest BCUT2D eigenvalue weighted by atomic mass is 32.2. The molecule has 4 nitrogen and oxygen atoms in total. The Bertz CT molecular complexity index is 1350. The number of fused-ring (bicyclic) bond motifs is 3. The number of anilines is 2. The molecule has 0 saturated heterocycles. The van der Waals surface area contributed by atoms with Crippen LogP contribution < -0.4 is 4.90 Å². The molecule has 1 aliphatic heterocycles. The number of nitriles is 1. The number of carboxylic acid groups (broad SMARTS) is 1. The molecule has 0 radical (unpaired) electrons. The highest BCUT2D eigenvalue weighted by Gasteiger charge is 2.42. The Labute approximate surface area is 210 Å². The first-order valence-electron chi connectivity index (χ1n) is 11.8. The van der Waals surface area contributed by atoms with Gasteiger partial charge in [-0.1, -0.05) is 48.9 Å². The third-order valence-corrected chi connectivity index (χ3v) is 7.68. The summed E-state index contributed by atoms with van der Waals surface area (Å²) in [7, 11) is 0. The Kier molecular flexibility index (Phi) is 6.48. The van der Waals surface area contributed by atoms with Crippen LogP contribution in [0.3, 0.4) is 0 Å². The molecule has 2 unspecified atom stereocenters. The molecule has 1 aliphatic carbocycles. The maximum absolute atomic E-state index is 11.3. The molecular weight excluding hydrogens is 452 g/mol. The van der Waals surface area contributed by atoms with Crippen molar-refractivity contribution >= 4 is 47.3 Å². The smallest absolute Gasteiger partial charge is 0.346 e. The first-order chi connectivity index (χ1) is 17.1. The molecule has 5 rings (SSSR count). The van der Waals surface area contributed by atoms with E-state index in [1.165, 1.54) is 39.9 Å². The van der Waals surface area contributed by atoms with Crippen molar-refractivity contribution in [3.63, 3.8) is 0 Å². The number of benzene rings is 3. The van der Waals surface area contributed by atoms with Crippen molar-refractivity contribution in [2.45, 2.75) is 36.1 Å². The van der Waals surface area contributed by atoms with Crippen LogP contribution in [0.5, 0.6) is 0 Å². The van der Waals surface area contributed by atoms with Crippen LogP contribution in [-0.2, 0) is 4.79 Å². The summed E-state index contributed by atoms with van der Waals surface area (Å²) >= 11 is 1.74. The Morgan fingerprint density at radius 3 is 2.29 bits per heavy atom. The van der Waals surface area contributed by atoms with Gasteiger partial charge in [-0.05, 0) is 83.8 Å². The summed E-state index contributed by atoms with van der Waals surface area (Å²) in [6.07, 6.45) is 11.3. The van der Waals surface area contributed by atoms with E-state index in [9.17, 15) is 9.90 Å². The van der Waals surface area contributed by atoms with Gasteiger partial charge in [0.15, 0.2) is 0 Å². The van der Waals surface area contributed by atoms with Crippen LogP contribution in [0.15, 0.2) is 77.2 Å². The average Bonchev–Trinajstić information content (AvgIpc) is 3.47. The topological polar surface area (TPSA) is 64.3 Å². The molecule has 5 heteroatoms. The van der Waals surface area contributed by atoms with Gasteiger partial charge in [0.05, 0.1) is 0 Å². The zero-order valence-corrected chi connectivity index (χ0v) is 20.3. The third kappa shape index (κ3) is 4.62. The zero-order valence-electron chi connectivity index (χ0n) is 19.5. The minimum Gasteiger partial charge on any atom is -0.477 e. The Balaban J connectivity index is 1.41. The maximum atomic E-state index is 11.3. The lowest BCUT2D eigenvalue weighted by Crippen LogP contribution is -2.26. The first-order valence-corrected chi connectivity index (χ1v) is 13.0. The fourth-order valence-electron chi connectivity index (χ4n) is 5.26. The quantitative estimate of drug-likeness (QED) is 0.174. The molecule has 0 aromatic heterocycles. The summed E-state index contributed by atoms with van der Waals surface area (Å²) in [5.74, 6) is -0.767. The van der Waals surface area contributed by atoms with Gasteiger partial charge in [0.25, 0.3) is 0 Å². The predicted molar refractivity (Wildman–Crippen MR) is 144 cm³/mol. The number of hydrogen-bond acceptors (Lipinski definition) is 4. The third-order valence-electron chi connectivity index (χ3n) is 6.94. The van der Waals surface area contributed by atoms with E-state index in [0.29, 0.717) is 12.0 Å². The lowest BCUT2D eigenvalue weighted by atomic mass is 9.95. The van der Waals surface area contributed by atoms with Gasteiger partial charge >= 0.3 is 5.97 Å². The van der Waals surface area contributed by atoms with Gasteiger partial charge in [-0.3, -0.25) is 0 Å². The van der Waals surface area contributed by atoms with Crippen LogP contribution >= 0.6 is 11.8 Å². The zero-order chi connectivity index (χ0) is 24.4. The van der Waals surface area contributed by atoms with Gasteiger partial charge in [0, 0.05) is 28.2 Å². The molecule has 0 bridgehead atoms. The minimum atomic E-state index is -1.19. The molecule has 3 aromatic rings. The molecule has 35 heavy (non-hydrogen) atoms. The number of carboxylic acids is 1. The molecule has 2 aliphatic rings. The second-order valence-electron chi connectivity index (χ2n) is 8.97. The van der Waals surface area contributed by atoms with Crippen molar-refractivity contribution in [2.24, 2.45) is 0 Å². The van der Waals surface area contributed by atoms with E-state index in [0.717, 1.165) is 24.0 Å². The van der Waals surface area contributed by atoms with E-state index in [1.54, 1.807) is 17.8 Å². The molecule has 174 valence electrons. The summed E-state index contributed by atoms with van der Waals surface area (Å²) < 4.78 is 0.